The van der Waals surface area contributed by atoms with Crippen LogP contribution in [-0.4, -0.2) is 67.6 Å². The maximum absolute atomic E-state index is 11.1. The lowest BCUT2D eigenvalue weighted by molar-refractivity contribution is -0.0939. The molecule has 9 nitrogen and oxygen atoms in total. The topological polar surface area (TPSA) is 129 Å². The van der Waals surface area contributed by atoms with E-state index in [-0.39, 0.29) is 6.61 Å². The summed E-state index contributed by atoms with van der Waals surface area (Å²) >= 11 is 1.63. The Morgan fingerprint density at radius 2 is 2.00 bits per heavy atom. The van der Waals surface area contributed by atoms with Crippen LogP contribution in [0.3, 0.4) is 0 Å². The van der Waals surface area contributed by atoms with Gasteiger partial charge in [0.05, 0.1) is 24.2 Å². The minimum absolute atomic E-state index is 0.138. The zero-order valence-electron chi connectivity index (χ0n) is 21.2. The molecule has 0 radical (unpaired) electrons. The van der Waals surface area contributed by atoms with Crippen LogP contribution in [0.1, 0.15) is 31.6 Å². The van der Waals surface area contributed by atoms with E-state index in [2.05, 4.69) is 16.8 Å². The summed E-state index contributed by atoms with van der Waals surface area (Å²) in [5.74, 6) is 1.24. The second-order valence-corrected chi connectivity index (χ2v) is 10.4. The van der Waals surface area contributed by atoms with Gasteiger partial charge in [-0.2, -0.15) is 11.3 Å². The number of thiophene rings is 1. The van der Waals surface area contributed by atoms with Gasteiger partial charge in [-0.15, -0.1) is 0 Å². The maximum Gasteiger partial charge on any atom is 0.206 e. The first-order chi connectivity index (χ1) is 18.4. The predicted octanol–water partition coefficient (Wildman–Crippen LogP) is 3.53. The fraction of sp³-hybridized carbons (Fsp3) is 0.393. The number of unbranched alkanes of at least 4 members (excludes halogenated alkanes) is 1. The van der Waals surface area contributed by atoms with Gasteiger partial charge in [0.2, 0.25) is 5.95 Å². The van der Waals surface area contributed by atoms with Crippen molar-refractivity contribution in [3.63, 3.8) is 0 Å². The molecule has 38 heavy (non-hydrogen) atoms. The molecule has 0 saturated carbocycles. The number of hydrogen-bond acceptors (Lipinski definition) is 9. The molecule has 5 N–H and O–H groups in total. The second-order valence-electron chi connectivity index (χ2n) is 9.65. The number of fused-ring (bicyclic) bond motifs is 1. The highest BCUT2D eigenvalue weighted by Gasteiger charge is 2.53. The summed E-state index contributed by atoms with van der Waals surface area (Å²) in [4.78, 5) is 4.73. The van der Waals surface area contributed by atoms with Crippen LogP contribution in [0, 0.1) is 0 Å². The summed E-state index contributed by atoms with van der Waals surface area (Å²) in [6, 6.07) is 15.6. The van der Waals surface area contributed by atoms with Gasteiger partial charge in [-0.05, 0) is 65.9 Å². The number of aliphatic hydroxyl groups is 4. The van der Waals surface area contributed by atoms with Gasteiger partial charge in [-0.1, -0.05) is 24.3 Å². The van der Waals surface area contributed by atoms with E-state index in [4.69, 9.17) is 19.6 Å². The lowest BCUT2D eigenvalue weighted by Crippen LogP contribution is -2.44. The van der Waals surface area contributed by atoms with E-state index in [0.717, 1.165) is 34.4 Å². The highest BCUT2D eigenvalue weighted by atomic mass is 32.1. The first kappa shape index (κ1) is 26.6. The third kappa shape index (κ3) is 5.15. The Bertz CT molecular complexity index is 1360. The Kier molecular flexibility index (Phi) is 7.98. The van der Waals surface area contributed by atoms with E-state index in [1.165, 1.54) is 6.92 Å². The highest BCUT2D eigenvalue weighted by Crippen LogP contribution is 2.41. The molecular formula is C28H33N3O6S. The molecular weight excluding hydrogens is 506 g/mol. The fourth-order valence-corrected chi connectivity index (χ4v) is 5.46. The third-order valence-corrected chi connectivity index (χ3v) is 7.59. The summed E-state index contributed by atoms with van der Waals surface area (Å²) in [5, 5.41) is 48.0. The summed E-state index contributed by atoms with van der Waals surface area (Å²) in [6.07, 6.45) is -1.70. The molecule has 2 aromatic heterocycles. The number of rotatable bonds is 11. The van der Waals surface area contributed by atoms with Crippen molar-refractivity contribution < 1.29 is 29.9 Å². The molecule has 5 rings (SSSR count). The van der Waals surface area contributed by atoms with Crippen molar-refractivity contribution in [1.29, 1.82) is 0 Å². The Hall–Kier alpha value is -2.99. The number of hydrogen-bond donors (Lipinski definition) is 5. The number of aliphatic hydroxyl groups excluding tert-OH is 3. The molecule has 0 aliphatic carbocycles. The molecule has 1 fully saturated rings. The second kappa shape index (κ2) is 11.4. The van der Waals surface area contributed by atoms with Crippen molar-refractivity contribution in [2.24, 2.45) is 0 Å². The number of imidazole rings is 1. The van der Waals surface area contributed by atoms with Crippen molar-refractivity contribution in [2.75, 3.05) is 25.1 Å². The van der Waals surface area contributed by atoms with Crippen molar-refractivity contribution >= 4 is 28.3 Å². The van der Waals surface area contributed by atoms with E-state index in [1.54, 1.807) is 15.9 Å². The first-order valence-electron chi connectivity index (χ1n) is 12.7. The van der Waals surface area contributed by atoms with Crippen LogP contribution in [0.5, 0.6) is 5.75 Å². The normalized spacial score (nSPS) is 23.2. The van der Waals surface area contributed by atoms with E-state index >= 15 is 0 Å². The summed E-state index contributed by atoms with van der Waals surface area (Å²) in [7, 11) is 0. The average Bonchev–Trinajstić information content (AvgIpc) is 3.63. The van der Waals surface area contributed by atoms with Gasteiger partial charge in [0.25, 0.3) is 0 Å². The lowest BCUT2D eigenvalue weighted by Gasteiger charge is -2.29. The number of aromatic nitrogens is 2. The monoisotopic (exact) mass is 539 g/mol. The van der Waals surface area contributed by atoms with Gasteiger partial charge in [-0.25, -0.2) is 4.98 Å². The Morgan fingerprint density at radius 1 is 1.16 bits per heavy atom. The van der Waals surface area contributed by atoms with Crippen molar-refractivity contribution in [3.05, 3.63) is 64.9 Å². The number of nitrogens with one attached hydrogen (secondary N) is 1. The molecule has 1 saturated heterocycles. The van der Waals surface area contributed by atoms with Crippen molar-refractivity contribution in [3.8, 4) is 16.9 Å². The fourth-order valence-electron chi connectivity index (χ4n) is 4.80. The number of nitrogens with zero attached hydrogens (tertiary/aromatic N) is 2. The Labute approximate surface area is 224 Å². The lowest BCUT2D eigenvalue weighted by atomic mass is 9.96. The first-order valence-corrected chi connectivity index (χ1v) is 13.6. The quantitative estimate of drug-likeness (QED) is 0.183. The molecule has 4 unspecified atom stereocenters. The van der Waals surface area contributed by atoms with E-state index in [0.29, 0.717) is 31.0 Å². The van der Waals surface area contributed by atoms with Gasteiger partial charge in [0.15, 0.2) is 6.23 Å². The van der Waals surface area contributed by atoms with Gasteiger partial charge in [-0.3, -0.25) is 4.57 Å². The van der Waals surface area contributed by atoms with Crippen LogP contribution in [0.4, 0.5) is 5.95 Å². The van der Waals surface area contributed by atoms with Gasteiger partial charge >= 0.3 is 0 Å². The number of benzene rings is 2. The largest absolute Gasteiger partial charge is 0.493 e. The molecule has 2 aromatic carbocycles. The summed E-state index contributed by atoms with van der Waals surface area (Å²) < 4.78 is 13.8. The third-order valence-electron chi connectivity index (χ3n) is 6.90. The molecule has 0 amide bonds. The molecule has 202 valence electrons. The van der Waals surface area contributed by atoms with Crippen molar-refractivity contribution in [1.82, 2.24) is 9.55 Å². The molecule has 1 aliphatic heterocycles. The van der Waals surface area contributed by atoms with Crippen LogP contribution in [-0.2, 0) is 11.3 Å². The molecule has 4 aromatic rings. The zero-order valence-corrected chi connectivity index (χ0v) is 22.0. The molecule has 3 heterocycles. The molecule has 0 spiro atoms. The number of anilines is 1. The predicted molar refractivity (Wildman–Crippen MR) is 146 cm³/mol. The van der Waals surface area contributed by atoms with Crippen molar-refractivity contribution in [2.45, 2.75) is 50.3 Å². The molecule has 4 atom stereocenters. The number of para-hydroxylation sites is 2. The smallest absolute Gasteiger partial charge is 0.206 e. The maximum atomic E-state index is 11.1. The van der Waals surface area contributed by atoms with E-state index in [9.17, 15) is 15.3 Å². The molecule has 0 bridgehead atoms. The van der Waals surface area contributed by atoms with Crippen LogP contribution >= 0.6 is 11.3 Å². The SMILES string of the molecule is CC1(O)C(O)C(CO)OC1n1c(NCc2ccc(-c3ccsc3)c(OCCCCO)c2)nc2ccccc21. The van der Waals surface area contributed by atoms with Crippen LogP contribution in [0.25, 0.3) is 22.2 Å². The van der Waals surface area contributed by atoms with Crippen LogP contribution in [0.2, 0.25) is 0 Å². The Morgan fingerprint density at radius 3 is 2.74 bits per heavy atom. The number of ether oxygens (including phenoxy) is 2. The molecule has 10 heteroatoms. The summed E-state index contributed by atoms with van der Waals surface area (Å²) in [6.45, 7) is 2.15. The van der Waals surface area contributed by atoms with Crippen LogP contribution in [0.15, 0.2) is 59.3 Å². The highest BCUT2D eigenvalue weighted by molar-refractivity contribution is 7.08. The zero-order chi connectivity index (χ0) is 26.7. The average molecular weight is 540 g/mol. The Balaban J connectivity index is 1.43. The van der Waals surface area contributed by atoms with Gasteiger partial charge in [0, 0.05) is 18.7 Å². The minimum Gasteiger partial charge on any atom is -0.493 e. The van der Waals surface area contributed by atoms with E-state index in [1.807, 2.05) is 47.8 Å². The minimum atomic E-state index is -1.65. The van der Waals surface area contributed by atoms with E-state index < -0.39 is 30.6 Å². The molecule has 1 aliphatic rings. The van der Waals surface area contributed by atoms with Gasteiger partial charge < -0.3 is 35.2 Å². The van der Waals surface area contributed by atoms with Gasteiger partial charge in [0.1, 0.15) is 23.6 Å². The standard InChI is InChI=1S/C28H33N3O6S/c1-28(35)25(34)24(16-33)37-26(28)31-22-7-3-2-6-21(22)30-27(31)29-15-18-8-9-20(19-10-13-38-17-19)23(14-18)36-12-5-4-11-32/h2-3,6-10,13-14,17,24-26,32-35H,4-5,11-12,15-16H2,1H3,(H,29,30). The summed E-state index contributed by atoms with van der Waals surface area (Å²) in [5.41, 5.74) is 2.85. The van der Waals surface area contributed by atoms with Crippen LogP contribution < -0.4 is 10.1 Å².